The fourth-order valence-corrected chi connectivity index (χ4v) is 4.45. The Bertz CT molecular complexity index is 1300. The van der Waals surface area contributed by atoms with E-state index in [1.807, 2.05) is 0 Å². The van der Waals surface area contributed by atoms with Crippen molar-refractivity contribution in [2.45, 2.75) is 25.6 Å². The molecule has 0 aliphatic rings. The Hall–Kier alpha value is -3.84. The van der Waals surface area contributed by atoms with Crippen LogP contribution in [0.3, 0.4) is 0 Å². The zero-order chi connectivity index (χ0) is 27.2. The summed E-state index contributed by atoms with van der Waals surface area (Å²) in [7, 11) is -3.96. The van der Waals surface area contributed by atoms with Crippen LogP contribution in [0.2, 0.25) is 5.02 Å². The van der Waals surface area contributed by atoms with E-state index in [4.69, 9.17) is 44.4 Å². The van der Waals surface area contributed by atoms with Gasteiger partial charge in [-0.1, -0.05) is 23.7 Å². The first-order valence-corrected chi connectivity index (χ1v) is 12.4. The first-order chi connectivity index (χ1) is 16.7. The monoisotopic (exact) mass is 537 g/mol. The number of nitrogens with one attached hydrogen (secondary N) is 3. The Balaban J connectivity index is 2.35. The number of anilines is 1. The van der Waals surface area contributed by atoms with Gasteiger partial charge in [-0.15, -0.1) is 0 Å². The second kappa shape index (κ2) is 11.7. The normalized spacial score (nSPS) is 11.1. The minimum Gasteiger partial charge on any atom is -0.485 e. The van der Waals surface area contributed by atoms with E-state index in [0.717, 1.165) is 4.31 Å². The summed E-state index contributed by atoms with van der Waals surface area (Å²) in [6.45, 7) is 2.04. The number of amides is 2. The minimum atomic E-state index is -3.96. The number of benzene rings is 2. The van der Waals surface area contributed by atoms with Crippen LogP contribution in [0.1, 0.15) is 35.3 Å². The third kappa shape index (κ3) is 7.33. The summed E-state index contributed by atoms with van der Waals surface area (Å²) in [5.74, 6) is -1.62. The standard InChI is InChI=1S/C22H28ClN7O5S/c1-12(2)36(33,34)30(10-20(26)31)17-6-15(5-16(23)8-17)22(32)29-9-14-4-3-13(21(27)28)7-18(14)35-11-19(24)25/h3-8,12H,9-11H2,1-2H3,(H3,24,25)(H2,26,31)(H3,27,28)(H,29,32). The molecular weight excluding hydrogens is 510 g/mol. The molecule has 0 saturated heterocycles. The number of ether oxygens (including phenoxy) is 1. The molecule has 0 saturated carbocycles. The molecule has 194 valence electrons. The van der Waals surface area contributed by atoms with E-state index < -0.39 is 33.6 Å². The van der Waals surface area contributed by atoms with Crippen LogP contribution in [0.5, 0.6) is 5.75 Å². The molecule has 2 amide bonds. The smallest absolute Gasteiger partial charge is 0.251 e. The summed E-state index contributed by atoms with van der Waals surface area (Å²) >= 11 is 6.16. The molecule has 2 aromatic carbocycles. The molecular formula is C22H28ClN7O5S. The van der Waals surface area contributed by atoms with E-state index in [1.165, 1.54) is 38.1 Å². The Morgan fingerprint density at radius 3 is 2.31 bits per heavy atom. The molecule has 0 radical (unpaired) electrons. The Morgan fingerprint density at radius 2 is 1.75 bits per heavy atom. The van der Waals surface area contributed by atoms with Gasteiger partial charge in [-0.2, -0.15) is 0 Å². The van der Waals surface area contributed by atoms with Crippen LogP contribution in [0.25, 0.3) is 0 Å². The molecule has 12 nitrogen and oxygen atoms in total. The van der Waals surface area contributed by atoms with Crippen LogP contribution in [0.15, 0.2) is 36.4 Å². The van der Waals surface area contributed by atoms with Crippen molar-refractivity contribution in [3.05, 3.63) is 58.1 Å². The molecule has 2 aromatic rings. The van der Waals surface area contributed by atoms with Crippen LogP contribution in [-0.2, 0) is 21.4 Å². The number of sulfonamides is 1. The molecule has 0 heterocycles. The minimum absolute atomic E-state index is 0.0106. The van der Waals surface area contributed by atoms with E-state index in [9.17, 15) is 18.0 Å². The number of hydrogen-bond acceptors (Lipinski definition) is 7. The van der Waals surface area contributed by atoms with Gasteiger partial charge in [-0.05, 0) is 38.1 Å². The van der Waals surface area contributed by atoms with Crippen LogP contribution >= 0.6 is 11.6 Å². The number of halogens is 1. The Kier molecular flexibility index (Phi) is 9.25. The molecule has 0 atom stereocenters. The highest BCUT2D eigenvalue weighted by molar-refractivity contribution is 7.93. The first-order valence-electron chi connectivity index (χ1n) is 10.5. The van der Waals surface area contributed by atoms with Crippen LogP contribution in [0, 0.1) is 10.8 Å². The highest BCUT2D eigenvalue weighted by Gasteiger charge is 2.28. The number of nitrogens with zero attached hydrogens (tertiary/aromatic N) is 1. The lowest BCUT2D eigenvalue weighted by Gasteiger charge is -2.25. The van der Waals surface area contributed by atoms with Crippen molar-refractivity contribution in [3.63, 3.8) is 0 Å². The summed E-state index contributed by atoms with van der Waals surface area (Å²) in [5, 5.41) is 16.8. The topological polar surface area (TPSA) is 219 Å². The number of primary amides is 1. The van der Waals surface area contributed by atoms with Gasteiger partial charge in [0, 0.05) is 28.3 Å². The molecule has 2 rings (SSSR count). The molecule has 36 heavy (non-hydrogen) atoms. The van der Waals surface area contributed by atoms with E-state index >= 15 is 0 Å². The maximum Gasteiger partial charge on any atom is 0.251 e. The summed E-state index contributed by atoms with van der Waals surface area (Å²) < 4.78 is 31.9. The van der Waals surface area contributed by atoms with Crippen molar-refractivity contribution in [2.75, 3.05) is 17.5 Å². The van der Waals surface area contributed by atoms with Gasteiger partial charge in [-0.25, -0.2) is 8.42 Å². The number of hydrogen-bond donors (Lipinski definition) is 6. The molecule has 0 bridgehead atoms. The van der Waals surface area contributed by atoms with Gasteiger partial charge in [0.15, 0.2) is 0 Å². The molecule has 0 unspecified atom stereocenters. The number of amidine groups is 2. The van der Waals surface area contributed by atoms with E-state index in [-0.39, 0.29) is 46.8 Å². The number of nitrogen functional groups attached to an aromatic ring is 1. The van der Waals surface area contributed by atoms with E-state index in [0.29, 0.717) is 11.1 Å². The number of carbonyl (C=O) groups is 2. The van der Waals surface area contributed by atoms with Crippen molar-refractivity contribution in [3.8, 4) is 5.75 Å². The number of rotatable bonds is 12. The fourth-order valence-electron chi connectivity index (χ4n) is 3.01. The quantitative estimate of drug-likeness (QED) is 0.169. The zero-order valence-corrected chi connectivity index (χ0v) is 21.2. The maximum absolute atomic E-state index is 12.9. The Labute approximate surface area is 213 Å². The average molecular weight is 538 g/mol. The number of nitrogens with two attached hydrogens (primary N) is 3. The summed E-state index contributed by atoms with van der Waals surface area (Å²) in [6.07, 6.45) is 0. The molecule has 0 fully saturated rings. The molecule has 14 heteroatoms. The van der Waals surface area contributed by atoms with Gasteiger partial charge in [0.1, 0.15) is 30.6 Å². The van der Waals surface area contributed by atoms with Crippen LogP contribution < -0.4 is 31.6 Å². The molecule has 0 aromatic heterocycles. The lowest BCUT2D eigenvalue weighted by molar-refractivity contribution is -0.116. The van der Waals surface area contributed by atoms with Crippen molar-refractivity contribution in [1.29, 1.82) is 10.8 Å². The largest absolute Gasteiger partial charge is 0.485 e. The number of carbonyl (C=O) groups excluding carboxylic acids is 2. The van der Waals surface area contributed by atoms with Gasteiger partial charge in [0.25, 0.3) is 5.91 Å². The van der Waals surface area contributed by atoms with Gasteiger partial charge in [-0.3, -0.25) is 24.7 Å². The third-order valence-electron chi connectivity index (χ3n) is 4.84. The van der Waals surface area contributed by atoms with Crippen molar-refractivity contribution < 1.29 is 22.7 Å². The molecule has 9 N–H and O–H groups in total. The van der Waals surface area contributed by atoms with Gasteiger partial charge >= 0.3 is 0 Å². The van der Waals surface area contributed by atoms with E-state index in [2.05, 4.69) is 5.32 Å². The first kappa shape index (κ1) is 28.4. The highest BCUT2D eigenvalue weighted by Crippen LogP contribution is 2.27. The average Bonchev–Trinajstić information content (AvgIpc) is 2.78. The lowest BCUT2D eigenvalue weighted by Crippen LogP contribution is -2.42. The predicted molar refractivity (Wildman–Crippen MR) is 138 cm³/mol. The fraction of sp³-hybridized carbons (Fsp3) is 0.273. The Morgan fingerprint density at radius 1 is 1.08 bits per heavy atom. The predicted octanol–water partition coefficient (Wildman–Crippen LogP) is 0.899. The molecule has 0 spiro atoms. The second-order valence-corrected chi connectivity index (χ2v) is 10.8. The maximum atomic E-state index is 12.9. The summed E-state index contributed by atoms with van der Waals surface area (Å²) in [4.78, 5) is 24.5. The van der Waals surface area contributed by atoms with Crippen LogP contribution in [0.4, 0.5) is 5.69 Å². The van der Waals surface area contributed by atoms with Crippen molar-refractivity contribution in [1.82, 2.24) is 5.32 Å². The molecule has 0 aliphatic carbocycles. The second-order valence-electron chi connectivity index (χ2n) is 8.00. The van der Waals surface area contributed by atoms with Crippen molar-refractivity contribution in [2.24, 2.45) is 17.2 Å². The van der Waals surface area contributed by atoms with Crippen LogP contribution in [-0.4, -0.2) is 50.3 Å². The lowest BCUT2D eigenvalue weighted by atomic mass is 10.1. The highest BCUT2D eigenvalue weighted by atomic mass is 35.5. The molecule has 0 aliphatic heterocycles. The van der Waals surface area contributed by atoms with Crippen molar-refractivity contribution >= 4 is 50.8 Å². The van der Waals surface area contributed by atoms with Gasteiger partial charge < -0.3 is 27.3 Å². The summed E-state index contributed by atoms with van der Waals surface area (Å²) in [6, 6.07) is 8.60. The summed E-state index contributed by atoms with van der Waals surface area (Å²) in [5.41, 5.74) is 17.1. The SMILES string of the molecule is CC(C)S(=O)(=O)N(CC(N)=O)c1cc(Cl)cc(C(=O)NCc2ccc(C(=N)N)cc2OCC(=N)N)c1. The zero-order valence-electron chi connectivity index (χ0n) is 19.7. The van der Waals surface area contributed by atoms with Gasteiger partial charge in [0.05, 0.1) is 10.9 Å². The van der Waals surface area contributed by atoms with Gasteiger partial charge in [0.2, 0.25) is 15.9 Å². The third-order valence-corrected chi connectivity index (χ3v) is 7.20. The van der Waals surface area contributed by atoms with E-state index in [1.54, 1.807) is 12.1 Å².